The highest BCUT2D eigenvalue weighted by Crippen LogP contribution is 2.18. The fraction of sp³-hybridized carbons (Fsp3) is 0.400. The molecule has 0 fully saturated rings. The van der Waals surface area contributed by atoms with Crippen LogP contribution in [0.2, 0.25) is 0 Å². The number of hydrogen-bond donors (Lipinski definition) is 1. The van der Waals surface area contributed by atoms with Crippen LogP contribution in [0.4, 0.5) is 5.82 Å². The number of imidazole rings is 1. The zero-order chi connectivity index (χ0) is 13.5. The van der Waals surface area contributed by atoms with Crippen LogP contribution in [0.3, 0.4) is 0 Å². The van der Waals surface area contributed by atoms with Gasteiger partial charge in [0.05, 0.1) is 5.69 Å². The van der Waals surface area contributed by atoms with Crippen molar-refractivity contribution in [3.63, 3.8) is 0 Å². The average Bonchev–Trinajstić information content (AvgIpc) is 2.65. The number of nitrogens with zero attached hydrogens (tertiary/aromatic N) is 4. The molecular weight excluding hydrogens is 254 g/mol. The lowest BCUT2D eigenvalue weighted by molar-refractivity contribution is 0.588. The van der Waals surface area contributed by atoms with Crippen LogP contribution < -0.4 is 10.0 Å². The number of sulfonamides is 1. The summed E-state index contributed by atoms with van der Waals surface area (Å²) < 4.78 is 24.5. The molecule has 2 N–H and O–H groups in total. The number of nitrogens with two attached hydrogens (primary N) is 1. The first-order chi connectivity index (χ1) is 8.34. The highest BCUT2D eigenvalue weighted by atomic mass is 32.2. The molecule has 98 valence electrons. The van der Waals surface area contributed by atoms with Gasteiger partial charge in [0, 0.05) is 14.1 Å². The summed E-state index contributed by atoms with van der Waals surface area (Å²) in [7, 11) is -0.208. The van der Waals surface area contributed by atoms with Gasteiger partial charge in [0.25, 0.3) is 10.0 Å². The Hall–Kier alpha value is -1.67. The Morgan fingerprint density at radius 2 is 2.06 bits per heavy atom. The highest BCUT2D eigenvalue weighted by Gasteiger charge is 2.22. The maximum Gasteiger partial charge on any atom is 0.257 e. The normalized spacial score (nSPS) is 12.0. The smallest absolute Gasteiger partial charge is 0.257 e. The van der Waals surface area contributed by atoms with Crippen LogP contribution in [-0.4, -0.2) is 37.1 Å². The van der Waals surface area contributed by atoms with Crippen molar-refractivity contribution in [2.45, 2.75) is 18.4 Å². The van der Waals surface area contributed by atoms with E-state index in [1.54, 1.807) is 17.0 Å². The molecule has 0 aliphatic carbocycles. The molecule has 0 aliphatic heterocycles. The molecule has 0 aliphatic rings. The SMILES string of the molecule is CCc1nc2ccc(N(C)C)nn2c1S(N)(=O)=O. The second-order valence-corrected chi connectivity index (χ2v) is 5.59. The molecule has 7 nitrogen and oxygen atoms in total. The highest BCUT2D eigenvalue weighted by molar-refractivity contribution is 7.89. The van der Waals surface area contributed by atoms with Gasteiger partial charge < -0.3 is 4.90 Å². The number of primary sulfonamides is 1. The Balaban J connectivity index is 2.83. The van der Waals surface area contributed by atoms with E-state index in [-0.39, 0.29) is 5.03 Å². The molecule has 2 aromatic heterocycles. The quantitative estimate of drug-likeness (QED) is 0.846. The first-order valence-electron chi connectivity index (χ1n) is 5.43. The minimum absolute atomic E-state index is 0.0382. The summed E-state index contributed by atoms with van der Waals surface area (Å²) in [6.07, 6.45) is 0.479. The molecule has 18 heavy (non-hydrogen) atoms. The third kappa shape index (κ3) is 2.04. The van der Waals surface area contributed by atoms with Crippen LogP contribution in [0, 0.1) is 0 Å². The van der Waals surface area contributed by atoms with E-state index < -0.39 is 10.0 Å². The number of fused-ring (bicyclic) bond motifs is 1. The van der Waals surface area contributed by atoms with E-state index in [1.807, 2.05) is 21.0 Å². The minimum Gasteiger partial charge on any atom is -0.361 e. The second kappa shape index (κ2) is 4.21. The summed E-state index contributed by atoms with van der Waals surface area (Å²) in [5, 5.41) is 9.42. The van der Waals surface area contributed by atoms with Gasteiger partial charge in [0.1, 0.15) is 5.82 Å². The van der Waals surface area contributed by atoms with Crippen molar-refractivity contribution in [2.75, 3.05) is 19.0 Å². The van der Waals surface area contributed by atoms with E-state index in [1.165, 1.54) is 4.52 Å². The summed E-state index contributed by atoms with van der Waals surface area (Å²) in [5.41, 5.74) is 0.905. The number of aromatic nitrogens is 3. The first kappa shape index (κ1) is 12.8. The molecule has 2 heterocycles. The predicted molar refractivity (Wildman–Crippen MR) is 68.1 cm³/mol. The third-order valence-corrected chi connectivity index (χ3v) is 3.50. The van der Waals surface area contributed by atoms with Gasteiger partial charge in [-0.15, -0.1) is 5.10 Å². The third-order valence-electron chi connectivity index (χ3n) is 2.55. The van der Waals surface area contributed by atoms with Gasteiger partial charge in [-0.25, -0.2) is 18.5 Å². The molecular formula is C10H15N5O2S. The van der Waals surface area contributed by atoms with E-state index in [9.17, 15) is 8.42 Å². The Bertz CT molecular complexity index is 690. The lowest BCUT2D eigenvalue weighted by Crippen LogP contribution is -2.19. The van der Waals surface area contributed by atoms with Crippen molar-refractivity contribution in [1.29, 1.82) is 0 Å². The molecule has 0 unspecified atom stereocenters. The average molecular weight is 269 g/mol. The maximum atomic E-state index is 11.6. The maximum absolute atomic E-state index is 11.6. The van der Waals surface area contributed by atoms with Crippen molar-refractivity contribution in [3.05, 3.63) is 17.8 Å². The molecule has 0 bridgehead atoms. The first-order valence-corrected chi connectivity index (χ1v) is 6.98. The fourth-order valence-electron chi connectivity index (χ4n) is 1.70. The summed E-state index contributed by atoms with van der Waals surface area (Å²) >= 11 is 0. The van der Waals surface area contributed by atoms with Crippen LogP contribution >= 0.6 is 0 Å². The molecule has 0 saturated carbocycles. The number of anilines is 1. The van der Waals surface area contributed by atoms with Gasteiger partial charge in [-0.3, -0.25) is 0 Å². The zero-order valence-corrected chi connectivity index (χ0v) is 11.3. The molecule has 0 spiro atoms. The molecule has 0 radical (unpaired) electrons. The van der Waals surface area contributed by atoms with E-state index in [0.717, 1.165) is 0 Å². The van der Waals surface area contributed by atoms with E-state index >= 15 is 0 Å². The Morgan fingerprint density at radius 1 is 1.39 bits per heavy atom. The van der Waals surface area contributed by atoms with Gasteiger partial charge in [0.15, 0.2) is 10.7 Å². The van der Waals surface area contributed by atoms with Crippen molar-refractivity contribution in [2.24, 2.45) is 5.14 Å². The zero-order valence-electron chi connectivity index (χ0n) is 10.5. The molecule has 0 amide bonds. The minimum atomic E-state index is -3.85. The van der Waals surface area contributed by atoms with Crippen LogP contribution in [0.5, 0.6) is 0 Å². The second-order valence-electron chi connectivity index (χ2n) is 4.12. The Labute approximate surface area is 105 Å². The summed E-state index contributed by atoms with van der Waals surface area (Å²) in [6, 6.07) is 3.49. The van der Waals surface area contributed by atoms with Gasteiger partial charge in [-0.05, 0) is 18.6 Å². The van der Waals surface area contributed by atoms with E-state index in [0.29, 0.717) is 23.6 Å². The van der Waals surface area contributed by atoms with Crippen LogP contribution in [0.25, 0.3) is 5.65 Å². The van der Waals surface area contributed by atoms with E-state index in [2.05, 4.69) is 10.1 Å². The van der Waals surface area contributed by atoms with Crippen molar-refractivity contribution >= 4 is 21.5 Å². The van der Waals surface area contributed by atoms with Crippen molar-refractivity contribution in [1.82, 2.24) is 14.6 Å². The largest absolute Gasteiger partial charge is 0.361 e. The topological polar surface area (TPSA) is 93.6 Å². The van der Waals surface area contributed by atoms with Crippen LogP contribution in [-0.2, 0) is 16.4 Å². The van der Waals surface area contributed by atoms with Gasteiger partial charge >= 0.3 is 0 Å². The summed E-state index contributed by atoms with van der Waals surface area (Å²) in [6.45, 7) is 1.82. The van der Waals surface area contributed by atoms with E-state index in [4.69, 9.17) is 5.14 Å². The Morgan fingerprint density at radius 3 is 2.56 bits per heavy atom. The summed E-state index contributed by atoms with van der Waals surface area (Å²) in [5.74, 6) is 0.632. The molecule has 2 rings (SSSR count). The van der Waals surface area contributed by atoms with Crippen LogP contribution in [0.15, 0.2) is 17.2 Å². The molecule has 0 saturated heterocycles. The number of aryl methyl sites for hydroxylation is 1. The molecule has 8 heteroatoms. The fourth-order valence-corrected chi connectivity index (χ4v) is 2.60. The number of rotatable bonds is 3. The molecule has 2 aromatic rings. The summed E-state index contributed by atoms with van der Waals surface area (Å²) in [4.78, 5) is 6.00. The Kier molecular flexibility index (Phi) is 2.99. The molecule has 0 aromatic carbocycles. The van der Waals surface area contributed by atoms with Crippen LogP contribution in [0.1, 0.15) is 12.6 Å². The standard InChI is InChI=1S/C10H15N5O2S/c1-4-7-10(18(11,16)17)15-8(12-7)5-6-9(13-15)14(2)3/h5-6H,4H2,1-3H3,(H2,11,16,17). The number of hydrogen-bond acceptors (Lipinski definition) is 5. The lowest BCUT2D eigenvalue weighted by Gasteiger charge is -2.10. The van der Waals surface area contributed by atoms with Gasteiger partial charge in [0.2, 0.25) is 0 Å². The molecule has 0 atom stereocenters. The monoisotopic (exact) mass is 269 g/mol. The van der Waals surface area contributed by atoms with Crippen molar-refractivity contribution < 1.29 is 8.42 Å². The van der Waals surface area contributed by atoms with Gasteiger partial charge in [-0.1, -0.05) is 6.92 Å². The predicted octanol–water partition coefficient (Wildman–Crippen LogP) is 0.00510. The lowest BCUT2D eigenvalue weighted by atomic mass is 10.4. The van der Waals surface area contributed by atoms with Gasteiger partial charge in [-0.2, -0.15) is 4.52 Å². The van der Waals surface area contributed by atoms with Crippen molar-refractivity contribution in [3.8, 4) is 0 Å².